The minimum absolute atomic E-state index is 0.0622. The Labute approximate surface area is 169 Å². The molecule has 1 aromatic heterocycles. The van der Waals surface area contributed by atoms with Gasteiger partial charge in [0.1, 0.15) is 0 Å². The third kappa shape index (κ3) is 4.16. The van der Waals surface area contributed by atoms with E-state index in [4.69, 9.17) is 9.72 Å². The Morgan fingerprint density at radius 2 is 2.11 bits per heavy atom. The van der Waals surface area contributed by atoms with Gasteiger partial charge >= 0.3 is 0 Å². The number of amides is 1. The number of rotatable bonds is 5. The molecular formula is C23H24N2O2S. The molecule has 0 saturated carbocycles. The lowest BCUT2D eigenvalue weighted by atomic mass is 10.1. The van der Waals surface area contributed by atoms with E-state index in [1.807, 2.05) is 36.4 Å². The fourth-order valence-electron chi connectivity index (χ4n) is 3.55. The summed E-state index contributed by atoms with van der Waals surface area (Å²) in [6.07, 6.45) is 5.59. The van der Waals surface area contributed by atoms with Crippen LogP contribution >= 0.6 is 11.3 Å². The minimum Gasteiger partial charge on any atom is -0.376 e. The number of anilines is 1. The first-order valence-electron chi connectivity index (χ1n) is 9.64. The lowest BCUT2D eigenvalue weighted by Gasteiger charge is -2.21. The number of nitrogens with zero attached hydrogens (tertiary/aromatic N) is 2. The summed E-state index contributed by atoms with van der Waals surface area (Å²) in [7, 11) is 0. The van der Waals surface area contributed by atoms with Crippen molar-refractivity contribution in [2.45, 2.75) is 32.8 Å². The SMILES string of the molecule is Cc1cc(C)c2nc(N(CC3CCCO3)C(=O)/C=C/c3ccccc3)sc2c1. The molecule has 2 heterocycles. The largest absolute Gasteiger partial charge is 0.376 e. The smallest absolute Gasteiger partial charge is 0.252 e. The molecule has 1 atom stereocenters. The van der Waals surface area contributed by atoms with Crippen molar-refractivity contribution in [3.8, 4) is 0 Å². The second kappa shape index (κ2) is 8.25. The Morgan fingerprint density at radius 3 is 2.86 bits per heavy atom. The van der Waals surface area contributed by atoms with Crippen LogP contribution in [-0.4, -0.2) is 30.1 Å². The number of ether oxygens (including phenoxy) is 1. The Balaban J connectivity index is 1.65. The Bertz CT molecular complexity index is 1000. The third-order valence-electron chi connectivity index (χ3n) is 4.94. The lowest BCUT2D eigenvalue weighted by molar-refractivity contribution is -0.114. The highest BCUT2D eigenvalue weighted by Gasteiger charge is 2.25. The zero-order valence-corrected chi connectivity index (χ0v) is 17.0. The van der Waals surface area contributed by atoms with Crippen molar-refractivity contribution in [3.63, 3.8) is 0 Å². The van der Waals surface area contributed by atoms with Crippen LogP contribution in [0.1, 0.15) is 29.5 Å². The maximum Gasteiger partial charge on any atom is 0.252 e. The maximum atomic E-state index is 13.1. The van der Waals surface area contributed by atoms with E-state index < -0.39 is 0 Å². The standard InChI is InChI=1S/C23H24N2O2S/c1-16-13-17(2)22-20(14-16)28-23(24-22)25(15-19-9-6-12-27-19)21(26)11-10-18-7-4-3-5-8-18/h3-5,7-8,10-11,13-14,19H,6,9,12,15H2,1-2H3/b11-10+. The first-order valence-corrected chi connectivity index (χ1v) is 10.5. The Morgan fingerprint density at radius 1 is 1.29 bits per heavy atom. The lowest BCUT2D eigenvalue weighted by Crippen LogP contribution is -2.36. The van der Waals surface area contributed by atoms with Crippen molar-refractivity contribution >= 4 is 38.7 Å². The Kier molecular flexibility index (Phi) is 5.55. The van der Waals surface area contributed by atoms with Crippen LogP contribution in [0, 0.1) is 13.8 Å². The van der Waals surface area contributed by atoms with E-state index >= 15 is 0 Å². The van der Waals surface area contributed by atoms with Gasteiger partial charge in [-0.3, -0.25) is 9.69 Å². The highest BCUT2D eigenvalue weighted by Crippen LogP contribution is 2.32. The van der Waals surface area contributed by atoms with E-state index in [0.29, 0.717) is 6.54 Å². The first kappa shape index (κ1) is 18.8. The van der Waals surface area contributed by atoms with Gasteiger partial charge in [-0.05, 0) is 55.5 Å². The van der Waals surface area contributed by atoms with Crippen LogP contribution in [0.4, 0.5) is 5.13 Å². The van der Waals surface area contributed by atoms with Crippen LogP contribution in [0.2, 0.25) is 0 Å². The summed E-state index contributed by atoms with van der Waals surface area (Å²) in [4.78, 5) is 19.7. The molecule has 1 aliphatic rings. The number of hydrogen-bond donors (Lipinski definition) is 0. The molecule has 4 rings (SSSR count). The molecule has 0 aliphatic carbocycles. The predicted octanol–water partition coefficient (Wildman–Crippen LogP) is 5.14. The summed E-state index contributed by atoms with van der Waals surface area (Å²) in [5.74, 6) is -0.0622. The summed E-state index contributed by atoms with van der Waals surface area (Å²) in [5, 5.41) is 0.738. The molecule has 0 radical (unpaired) electrons. The van der Waals surface area contributed by atoms with E-state index in [1.165, 1.54) is 5.56 Å². The van der Waals surface area contributed by atoms with Gasteiger partial charge in [0.15, 0.2) is 5.13 Å². The number of thiazole rings is 1. The average molecular weight is 393 g/mol. The van der Waals surface area contributed by atoms with Crippen LogP contribution < -0.4 is 4.90 Å². The summed E-state index contributed by atoms with van der Waals surface area (Å²) in [6, 6.07) is 14.1. The van der Waals surface area contributed by atoms with E-state index in [2.05, 4.69) is 26.0 Å². The number of fused-ring (bicyclic) bond motifs is 1. The summed E-state index contributed by atoms with van der Waals surface area (Å²) < 4.78 is 6.91. The van der Waals surface area contributed by atoms with Crippen molar-refractivity contribution in [1.82, 2.24) is 4.98 Å². The molecule has 0 N–H and O–H groups in total. The summed E-state index contributed by atoms with van der Waals surface area (Å²) in [6.45, 7) is 5.46. The zero-order valence-electron chi connectivity index (χ0n) is 16.2. The molecule has 0 bridgehead atoms. The summed E-state index contributed by atoms with van der Waals surface area (Å²) in [5.41, 5.74) is 4.33. The van der Waals surface area contributed by atoms with Crippen molar-refractivity contribution in [3.05, 3.63) is 65.2 Å². The molecule has 0 spiro atoms. The van der Waals surface area contributed by atoms with Crippen molar-refractivity contribution in [2.24, 2.45) is 0 Å². The molecule has 28 heavy (non-hydrogen) atoms. The number of carbonyl (C=O) groups excluding carboxylic acids is 1. The molecule has 2 aromatic carbocycles. The molecule has 5 heteroatoms. The van der Waals surface area contributed by atoms with Gasteiger partial charge in [0.25, 0.3) is 5.91 Å². The van der Waals surface area contributed by atoms with Gasteiger partial charge in [0.05, 0.1) is 22.9 Å². The normalized spacial score (nSPS) is 16.9. The van der Waals surface area contributed by atoms with E-state index in [0.717, 1.165) is 45.9 Å². The number of carbonyl (C=O) groups is 1. The molecule has 1 aliphatic heterocycles. The highest BCUT2D eigenvalue weighted by molar-refractivity contribution is 7.22. The second-order valence-electron chi connectivity index (χ2n) is 7.25. The maximum absolute atomic E-state index is 13.1. The zero-order chi connectivity index (χ0) is 19.5. The molecule has 4 nitrogen and oxygen atoms in total. The van der Waals surface area contributed by atoms with Gasteiger partial charge in [0.2, 0.25) is 0 Å². The van der Waals surface area contributed by atoms with E-state index in [1.54, 1.807) is 22.3 Å². The van der Waals surface area contributed by atoms with Gasteiger partial charge in [-0.2, -0.15) is 0 Å². The third-order valence-corrected chi connectivity index (χ3v) is 5.97. The second-order valence-corrected chi connectivity index (χ2v) is 8.26. The molecule has 1 saturated heterocycles. The van der Waals surface area contributed by atoms with Crippen LogP contribution in [0.3, 0.4) is 0 Å². The Hall–Kier alpha value is -2.50. The number of aromatic nitrogens is 1. The van der Waals surface area contributed by atoms with Crippen molar-refractivity contribution in [1.29, 1.82) is 0 Å². The summed E-state index contributed by atoms with van der Waals surface area (Å²) >= 11 is 1.57. The van der Waals surface area contributed by atoms with Gasteiger partial charge in [0, 0.05) is 12.7 Å². The van der Waals surface area contributed by atoms with E-state index in [-0.39, 0.29) is 12.0 Å². The van der Waals surface area contributed by atoms with E-state index in [9.17, 15) is 4.79 Å². The van der Waals surface area contributed by atoms with Crippen molar-refractivity contribution in [2.75, 3.05) is 18.1 Å². The fraction of sp³-hybridized carbons (Fsp3) is 0.304. The molecule has 144 valence electrons. The van der Waals surface area contributed by atoms with Crippen molar-refractivity contribution < 1.29 is 9.53 Å². The van der Waals surface area contributed by atoms with Crippen LogP contribution in [0.25, 0.3) is 16.3 Å². The monoisotopic (exact) mass is 392 g/mol. The molecular weight excluding hydrogens is 368 g/mol. The topological polar surface area (TPSA) is 42.4 Å². The number of aryl methyl sites for hydroxylation is 2. The quantitative estimate of drug-likeness (QED) is 0.565. The highest BCUT2D eigenvalue weighted by atomic mass is 32.1. The molecule has 1 unspecified atom stereocenters. The average Bonchev–Trinajstić information content (AvgIpc) is 3.34. The van der Waals surface area contributed by atoms with Gasteiger partial charge in [-0.15, -0.1) is 0 Å². The van der Waals surface area contributed by atoms with Crippen LogP contribution in [0.5, 0.6) is 0 Å². The minimum atomic E-state index is -0.0622. The number of hydrogen-bond acceptors (Lipinski definition) is 4. The van der Waals surface area contributed by atoms with Gasteiger partial charge in [-0.25, -0.2) is 4.98 Å². The number of benzene rings is 2. The van der Waals surface area contributed by atoms with Gasteiger partial charge in [-0.1, -0.05) is 47.7 Å². The van der Waals surface area contributed by atoms with Crippen LogP contribution in [0.15, 0.2) is 48.5 Å². The fourth-order valence-corrected chi connectivity index (χ4v) is 4.71. The molecule has 1 fully saturated rings. The molecule has 1 amide bonds. The van der Waals surface area contributed by atoms with Crippen LogP contribution in [-0.2, 0) is 9.53 Å². The molecule has 3 aromatic rings. The van der Waals surface area contributed by atoms with Gasteiger partial charge < -0.3 is 4.74 Å². The first-order chi connectivity index (χ1) is 13.6. The predicted molar refractivity (Wildman–Crippen MR) is 116 cm³/mol.